The van der Waals surface area contributed by atoms with E-state index >= 15 is 0 Å². The molecule has 0 spiro atoms. The molecule has 25 heavy (non-hydrogen) atoms. The molecule has 1 aromatic heterocycles. The van der Waals surface area contributed by atoms with Crippen LogP contribution in [0.2, 0.25) is 0 Å². The Morgan fingerprint density at radius 2 is 2.16 bits per heavy atom. The van der Waals surface area contributed by atoms with E-state index in [1.54, 1.807) is 7.11 Å². The monoisotopic (exact) mass is 351 g/mol. The maximum absolute atomic E-state index is 12.8. The van der Waals surface area contributed by atoms with E-state index in [-0.39, 0.29) is 16.9 Å². The highest BCUT2D eigenvalue weighted by Crippen LogP contribution is 2.34. The Morgan fingerprint density at radius 3 is 2.76 bits per heavy atom. The van der Waals surface area contributed by atoms with Gasteiger partial charge in [-0.3, -0.25) is 4.79 Å². The minimum absolute atomic E-state index is 0.107. The Balaban J connectivity index is 1.90. The van der Waals surface area contributed by atoms with Crippen molar-refractivity contribution in [1.29, 1.82) is 0 Å². The van der Waals surface area contributed by atoms with Crippen LogP contribution in [0.1, 0.15) is 77.9 Å². The fourth-order valence-electron chi connectivity index (χ4n) is 3.73. The third-order valence-corrected chi connectivity index (χ3v) is 4.95. The van der Waals surface area contributed by atoms with Crippen molar-refractivity contribution < 1.29 is 14.1 Å². The lowest BCUT2D eigenvalue weighted by atomic mass is 9.91. The first-order valence-corrected chi connectivity index (χ1v) is 9.45. The summed E-state index contributed by atoms with van der Waals surface area (Å²) >= 11 is 0. The molecule has 1 amide bonds. The van der Waals surface area contributed by atoms with Gasteiger partial charge in [0.05, 0.1) is 12.1 Å². The maximum atomic E-state index is 12.8. The fourth-order valence-corrected chi connectivity index (χ4v) is 3.73. The molecule has 2 rings (SSSR count). The van der Waals surface area contributed by atoms with Gasteiger partial charge in [-0.1, -0.05) is 39.3 Å². The van der Waals surface area contributed by atoms with Crippen molar-refractivity contribution >= 4 is 5.91 Å². The van der Waals surface area contributed by atoms with Gasteiger partial charge in [-0.2, -0.15) is 4.98 Å². The summed E-state index contributed by atoms with van der Waals surface area (Å²) in [5.41, 5.74) is -0.225. The number of aryl methyl sites for hydroxylation is 1. The van der Waals surface area contributed by atoms with Crippen LogP contribution in [0, 0.1) is 0 Å². The molecule has 6 heteroatoms. The summed E-state index contributed by atoms with van der Waals surface area (Å²) in [7, 11) is 1.72. The summed E-state index contributed by atoms with van der Waals surface area (Å²) in [6.45, 7) is 9.81. The van der Waals surface area contributed by atoms with E-state index in [2.05, 4.69) is 42.7 Å². The van der Waals surface area contributed by atoms with Crippen LogP contribution in [0.15, 0.2) is 4.52 Å². The number of methoxy groups -OCH3 is 1. The summed E-state index contributed by atoms with van der Waals surface area (Å²) in [5, 5.41) is 4.04. The van der Waals surface area contributed by atoms with E-state index in [9.17, 15) is 4.79 Å². The Morgan fingerprint density at radius 1 is 1.40 bits per heavy atom. The van der Waals surface area contributed by atoms with Gasteiger partial charge >= 0.3 is 0 Å². The standard InChI is InChI=1S/C19H33N3O3/c1-6-11-19(14-24-5)12-8-13-22(19)16(23)10-7-9-15-20-17(21-25-15)18(2,3)4/h6-14H2,1-5H3/t19-/m1/s1. The topological polar surface area (TPSA) is 68.5 Å². The van der Waals surface area contributed by atoms with Gasteiger partial charge in [0, 0.05) is 31.9 Å². The van der Waals surface area contributed by atoms with Crippen LogP contribution < -0.4 is 0 Å². The molecular formula is C19H33N3O3. The first-order chi connectivity index (χ1) is 11.8. The van der Waals surface area contributed by atoms with E-state index in [1.165, 1.54) is 0 Å². The number of hydrogen-bond donors (Lipinski definition) is 0. The normalized spacial score (nSPS) is 21.1. The van der Waals surface area contributed by atoms with Crippen LogP contribution in [0.3, 0.4) is 0 Å². The highest BCUT2D eigenvalue weighted by atomic mass is 16.5. The number of aromatic nitrogens is 2. The molecule has 0 radical (unpaired) electrons. The van der Waals surface area contributed by atoms with Gasteiger partial charge in [0.2, 0.25) is 11.8 Å². The van der Waals surface area contributed by atoms with E-state index in [0.29, 0.717) is 25.3 Å². The molecule has 1 atom stereocenters. The van der Waals surface area contributed by atoms with Gasteiger partial charge < -0.3 is 14.2 Å². The zero-order chi connectivity index (χ0) is 18.5. The van der Waals surface area contributed by atoms with Crippen LogP contribution in [-0.2, 0) is 21.4 Å². The number of amides is 1. The molecule has 6 nitrogen and oxygen atoms in total. The average molecular weight is 351 g/mol. The number of likely N-dealkylation sites (tertiary alicyclic amines) is 1. The van der Waals surface area contributed by atoms with Gasteiger partial charge in [0.1, 0.15) is 0 Å². The highest BCUT2D eigenvalue weighted by molar-refractivity contribution is 5.77. The molecule has 0 aliphatic carbocycles. The van der Waals surface area contributed by atoms with Gasteiger partial charge in [-0.15, -0.1) is 0 Å². The number of carbonyl (C=O) groups is 1. The van der Waals surface area contributed by atoms with Crippen molar-refractivity contribution in [2.24, 2.45) is 0 Å². The van der Waals surface area contributed by atoms with Crippen molar-refractivity contribution in [1.82, 2.24) is 15.0 Å². The van der Waals surface area contributed by atoms with Crippen LogP contribution in [0.4, 0.5) is 0 Å². The molecule has 142 valence electrons. The first kappa shape index (κ1) is 19.9. The minimum atomic E-state index is -0.118. The molecule has 0 saturated carbocycles. The second-order valence-electron chi connectivity index (χ2n) is 8.17. The van der Waals surface area contributed by atoms with Gasteiger partial charge in [-0.05, 0) is 25.7 Å². The minimum Gasteiger partial charge on any atom is -0.382 e. The summed E-state index contributed by atoms with van der Waals surface area (Å²) in [6.07, 6.45) is 6.06. The lowest BCUT2D eigenvalue weighted by molar-refractivity contribution is -0.137. The zero-order valence-corrected chi connectivity index (χ0v) is 16.4. The summed E-state index contributed by atoms with van der Waals surface area (Å²) in [5.74, 6) is 1.56. The number of ether oxygens (including phenoxy) is 1. The maximum Gasteiger partial charge on any atom is 0.226 e. The lowest BCUT2D eigenvalue weighted by Gasteiger charge is -2.38. The van der Waals surface area contributed by atoms with Crippen molar-refractivity contribution in [3.63, 3.8) is 0 Å². The lowest BCUT2D eigenvalue weighted by Crippen LogP contribution is -2.50. The van der Waals surface area contributed by atoms with E-state index in [1.807, 2.05) is 0 Å². The first-order valence-electron chi connectivity index (χ1n) is 9.45. The summed E-state index contributed by atoms with van der Waals surface area (Å²) in [4.78, 5) is 19.3. The molecule has 1 aromatic rings. The molecule has 0 bridgehead atoms. The van der Waals surface area contributed by atoms with E-state index in [0.717, 1.165) is 44.5 Å². The third kappa shape index (κ3) is 4.81. The largest absolute Gasteiger partial charge is 0.382 e. The van der Waals surface area contributed by atoms with Crippen molar-refractivity contribution in [2.45, 2.75) is 83.6 Å². The molecule has 1 aliphatic rings. The predicted molar refractivity (Wildman–Crippen MR) is 96.4 cm³/mol. The second kappa shape index (κ2) is 8.30. The van der Waals surface area contributed by atoms with Crippen molar-refractivity contribution in [2.75, 3.05) is 20.3 Å². The molecule has 0 unspecified atom stereocenters. The van der Waals surface area contributed by atoms with Gasteiger partial charge in [0.25, 0.3) is 0 Å². The fraction of sp³-hybridized carbons (Fsp3) is 0.842. The van der Waals surface area contributed by atoms with Crippen LogP contribution in [-0.4, -0.2) is 46.7 Å². The van der Waals surface area contributed by atoms with Crippen molar-refractivity contribution in [3.05, 3.63) is 11.7 Å². The summed E-state index contributed by atoms with van der Waals surface area (Å²) < 4.78 is 10.8. The second-order valence-corrected chi connectivity index (χ2v) is 8.17. The zero-order valence-electron chi connectivity index (χ0n) is 16.4. The van der Waals surface area contributed by atoms with Crippen LogP contribution in [0.25, 0.3) is 0 Å². The van der Waals surface area contributed by atoms with Gasteiger partial charge in [0.15, 0.2) is 5.82 Å². The van der Waals surface area contributed by atoms with Crippen LogP contribution >= 0.6 is 0 Å². The molecule has 1 saturated heterocycles. The molecule has 1 fully saturated rings. The Bertz CT molecular complexity index is 557. The molecule has 2 heterocycles. The van der Waals surface area contributed by atoms with Gasteiger partial charge in [-0.25, -0.2) is 0 Å². The van der Waals surface area contributed by atoms with Crippen molar-refractivity contribution in [3.8, 4) is 0 Å². The average Bonchev–Trinajstić information content (AvgIpc) is 3.15. The third-order valence-electron chi connectivity index (χ3n) is 4.95. The highest BCUT2D eigenvalue weighted by Gasteiger charge is 2.42. The smallest absolute Gasteiger partial charge is 0.226 e. The molecule has 1 aliphatic heterocycles. The molecule has 0 N–H and O–H groups in total. The van der Waals surface area contributed by atoms with E-state index < -0.39 is 0 Å². The van der Waals surface area contributed by atoms with E-state index in [4.69, 9.17) is 9.26 Å². The quantitative estimate of drug-likeness (QED) is 0.717. The Kier molecular flexibility index (Phi) is 6.60. The molecule has 0 aromatic carbocycles. The Hall–Kier alpha value is -1.43. The molecular weight excluding hydrogens is 318 g/mol. The summed E-state index contributed by atoms with van der Waals surface area (Å²) in [6, 6.07) is 0. The number of hydrogen-bond acceptors (Lipinski definition) is 5. The number of carbonyl (C=O) groups excluding carboxylic acids is 1. The SMILES string of the molecule is CCC[C@]1(COC)CCCN1C(=O)CCCc1nc(C(C)(C)C)no1. The Labute approximate surface area is 151 Å². The van der Waals surface area contributed by atoms with Crippen LogP contribution in [0.5, 0.6) is 0 Å². The number of nitrogens with zero attached hydrogens (tertiary/aromatic N) is 3. The number of rotatable bonds is 8. The predicted octanol–water partition coefficient (Wildman–Crippen LogP) is 3.50.